The highest BCUT2D eigenvalue weighted by Gasteiger charge is 2.26. The van der Waals surface area contributed by atoms with E-state index in [0.29, 0.717) is 50.5 Å². The SMILES string of the molecule is CCOC(=O)N1CCN(C(=O)c2cncc(C(=O)NCc3ccccc3)c2)CC1. The van der Waals surface area contributed by atoms with E-state index >= 15 is 0 Å². The number of benzene rings is 1. The molecule has 0 saturated carbocycles. The maximum Gasteiger partial charge on any atom is 0.409 e. The van der Waals surface area contributed by atoms with Gasteiger partial charge in [0, 0.05) is 45.1 Å². The Morgan fingerprint density at radius 3 is 2.34 bits per heavy atom. The molecular formula is C21H24N4O4. The molecule has 1 aromatic carbocycles. The van der Waals surface area contributed by atoms with Gasteiger partial charge in [0.1, 0.15) is 0 Å². The minimum absolute atomic E-state index is 0.210. The van der Waals surface area contributed by atoms with Crippen molar-refractivity contribution in [1.29, 1.82) is 0 Å². The van der Waals surface area contributed by atoms with Crippen molar-refractivity contribution >= 4 is 17.9 Å². The van der Waals surface area contributed by atoms with E-state index in [0.717, 1.165) is 5.56 Å². The minimum Gasteiger partial charge on any atom is -0.450 e. The zero-order valence-corrected chi connectivity index (χ0v) is 16.3. The molecule has 2 heterocycles. The molecular weight excluding hydrogens is 372 g/mol. The summed E-state index contributed by atoms with van der Waals surface area (Å²) in [6.45, 7) is 4.11. The molecule has 1 aromatic heterocycles. The second kappa shape index (κ2) is 9.68. The Hall–Kier alpha value is -3.42. The largest absolute Gasteiger partial charge is 0.450 e. The summed E-state index contributed by atoms with van der Waals surface area (Å²) in [5.41, 5.74) is 1.67. The summed E-state index contributed by atoms with van der Waals surface area (Å²) in [6.07, 6.45) is 2.53. The lowest BCUT2D eigenvalue weighted by Crippen LogP contribution is -2.50. The molecule has 8 heteroatoms. The second-order valence-corrected chi connectivity index (χ2v) is 6.61. The molecule has 29 heavy (non-hydrogen) atoms. The van der Waals surface area contributed by atoms with Crippen molar-refractivity contribution in [2.45, 2.75) is 13.5 Å². The van der Waals surface area contributed by atoms with Crippen LogP contribution in [-0.4, -0.2) is 65.5 Å². The lowest BCUT2D eigenvalue weighted by atomic mass is 10.1. The summed E-state index contributed by atoms with van der Waals surface area (Å²) in [7, 11) is 0. The molecule has 8 nitrogen and oxygen atoms in total. The molecule has 1 N–H and O–H groups in total. The number of piperazine rings is 1. The van der Waals surface area contributed by atoms with Crippen molar-refractivity contribution in [3.05, 3.63) is 65.5 Å². The van der Waals surface area contributed by atoms with Crippen molar-refractivity contribution in [1.82, 2.24) is 20.1 Å². The van der Waals surface area contributed by atoms with Gasteiger partial charge in [-0.2, -0.15) is 0 Å². The quantitative estimate of drug-likeness (QED) is 0.834. The molecule has 3 amide bonds. The highest BCUT2D eigenvalue weighted by molar-refractivity contribution is 5.99. The molecule has 0 radical (unpaired) electrons. The van der Waals surface area contributed by atoms with Crippen molar-refractivity contribution in [2.24, 2.45) is 0 Å². The number of nitrogens with zero attached hydrogens (tertiary/aromatic N) is 3. The Morgan fingerprint density at radius 1 is 1.00 bits per heavy atom. The molecule has 3 rings (SSSR count). The summed E-state index contributed by atoms with van der Waals surface area (Å²) in [5.74, 6) is -0.498. The third-order valence-electron chi connectivity index (χ3n) is 4.64. The Balaban J connectivity index is 1.58. The van der Waals surface area contributed by atoms with Crippen LogP contribution in [0, 0.1) is 0 Å². The standard InChI is InChI=1S/C21H24N4O4/c1-2-29-21(28)25-10-8-24(9-11-25)20(27)18-12-17(14-22-15-18)19(26)23-13-16-6-4-3-5-7-16/h3-7,12,14-15H,2,8-11,13H2,1H3,(H,23,26). The number of ether oxygens (including phenoxy) is 1. The monoisotopic (exact) mass is 396 g/mol. The highest BCUT2D eigenvalue weighted by atomic mass is 16.6. The summed E-state index contributed by atoms with van der Waals surface area (Å²) < 4.78 is 4.99. The molecule has 2 aromatic rings. The van der Waals surface area contributed by atoms with E-state index in [1.807, 2.05) is 30.3 Å². The van der Waals surface area contributed by atoms with E-state index in [1.54, 1.807) is 22.8 Å². The van der Waals surface area contributed by atoms with Crippen LogP contribution < -0.4 is 5.32 Å². The van der Waals surface area contributed by atoms with Gasteiger partial charge in [-0.05, 0) is 18.6 Å². The molecule has 0 atom stereocenters. The molecule has 1 aliphatic heterocycles. The fraction of sp³-hybridized carbons (Fsp3) is 0.333. The first-order valence-corrected chi connectivity index (χ1v) is 9.56. The molecule has 1 aliphatic rings. The maximum absolute atomic E-state index is 12.8. The number of carbonyl (C=O) groups is 3. The fourth-order valence-electron chi connectivity index (χ4n) is 3.05. The smallest absolute Gasteiger partial charge is 0.409 e. The minimum atomic E-state index is -0.363. The van der Waals surface area contributed by atoms with E-state index in [9.17, 15) is 14.4 Å². The van der Waals surface area contributed by atoms with Crippen LogP contribution in [0.5, 0.6) is 0 Å². The van der Waals surface area contributed by atoms with Gasteiger partial charge in [0.15, 0.2) is 0 Å². The van der Waals surface area contributed by atoms with Crippen LogP contribution in [0.3, 0.4) is 0 Å². The normalized spacial score (nSPS) is 13.7. The van der Waals surface area contributed by atoms with Gasteiger partial charge < -0.3 is 19.9 Å². The van der Waals surface area contributed by atoms with Crippen molar-refractivity contribution < 1.29 is 19.1 Å². The average Bonchev–Trinajstić information content (AvgIpc) is 2.78. The van der Waals surface area contributed by atoms with E-state index in [4.69, 9.17) is 4.74 Å². The van der Waals surface area contributed by atoms with Crippen molar-refractivity contribution in [3.8, 4) is 0 Å². The molecule has 0 aliphatic carbocycles. The maximum atomic E-state index is 12.8. The third-order valence-corrected chi connectivity index (χ3v) is 4.64. The number of carbonyl (C=O) groups excluding carboxylic acids is 3. The Labute approximate surface area is 169 Å². The Morgan fingerprint density at radius 2 is 1.66 bits per heavy atom. The van der Waals surface area contributed by atoms with Crippen LogP contribution in [0.15, 0.2) is 48.8 Å². The second-order valence-electron chi connectivity index (χ2n) is 6.61. The number of pyridine rings is 1. The number of aromatic nitrogens is 1. The summed E-state index contributed by atoms with van der Waals surface area (Å²) in [5, 5.41) is 2.83. The molecule has 0 unspecified atom stereocenters. The van der Waals surface area contributed by atoms with Gasteiger partial charge in [0.25, 0.3) is 11.8 Å². The zero-order valence-electron chi connectivity index (χ0n) is 16.3. The van der Waals surface area contributed by atoms with E-state index < -0.39 is 0 Å². The lowest BCUT2D eigenvalue weighted by Gasteiger charge is -2.34. The summed E-state index contributed by atoms with van der Waals surface area (Å²) in [4.78, 5) is 44.2. The van der Waals surface area contributed by atoms with Gasteiger partial charge in [-0.1, -0.05) is 30.3 Å². The van der Waals surface area contributed by atoms with Crippen molar-refractivity contribution in [2.75, 3.05) is 32.8 Å². The number of amides is 3. The van der Waals surface area contributed by atoms with Crippen LogP contribution in [0.4, 0.5) is 4.79 Å². The highest BCUT2D eigenvalue weighted by Crippen LogP contribution is 2.11. The molecule has 1 saturated heterocycles. The number of rotatable bonds is 5. The Bertz CT molecular complexity index is 864. The van der Waals surface area contributed by atoms with Crippen molar-refractivity contribution in [3.63, 3.8) is 0 Å². The van der Waals surface area contributed by atoms with Gasteiger partial charge in [0.05, 0.1) is 17.7 Å². The van der Waals surface area contributed by atoms with Crippen LogP contribution in [-0.2, 0) is 11.3 Å². The molecule has 0 bridgehead atoms. The molecule has 0 spiro atoms. The van der Waals surface area contributed by atoms with Crippen LogP contribution in [0.2, 0.25) is 0 Å². The van der Waals surface area contributed by atoms with Crippen LogP contribution in [0.1, 0.15) is 33.2 Å². The van der Waals surface area contributed by atoms with E-state index in [1.165, 1.54) is 12.4 Å². The topological polar surface area (TPSA) is 91.8 Å². The lowest BCUT2D eigenvalue weighted by molar-refractivity contribution is 0.0570. The number of hydrogen-bond donors (Lipinski definition) is 1. The predicted molar refractivity (Wildman–Crippen MR) is 106 cm³/mol. The third kappa shape index (κ3) is 5.31. The first-order valence-electron chi connectivity index (χ1n) is 9.56. The Kier molecular flexibility index (Phi) is 6.78. The average molecular weight is 396 g/mol. The predicted octanol–water partition coefficient (Wildman–Crippen LogP) is 1.93. The van der Waals surface area contributed by atoms with Gasteiger partial charge in [-0.3, -0.25) is 14.6 Å². The first kappa shape index (κ1) is 20.3. The molecule has 1 fully saturated rings. The van der Waals surface area contributed by atoms with E-state index in [-0.39, 0.29) is 17.9 Å². The number of hydrogen-bond acceptors (Lipinski definition) is 5. The van der Waals surface area contributed by atoms with E-state index in [2.05, 4.69) is 10.3 Å². The van der Waals surface area contributed by atoms with Gasteiger partial charge in [0.2, 0.25) is 0 Å². The van der Waals surface area contributed by atoms with Gasteiger partial charge in [-0.25, -0.2) is 4.79 Å². The van der Waals surface area contributed by atoms with Crippen LogP contribution in [0.25, 0.3) is 0 Å². The first-order chi connectivity index (χ1) is 14.1. The van der Waals surface area contributed by atoms with Crippen LogP contribution >= 0.6 is 0 Å². The van der Waals surface area contributed by atoms with Gasteiger partial charge >= 0.3 is 6.09 Å². The van der Waals surface area contributed by atoms with Gasteiger partial charge in [-0.15, -0.1) is 0 Å². The summed E-state index contributed by atoms with van der Waals surface area (Å²) >= 11 is 0. The zero-order chi connectivity index (χ0) is 20.6. The number of nitrogens with one attached hydrogen (secondary N) is 1. The fourth-order valence-corrected chi connectivity index (χ4v) is 3.05. The summed E-state index contributed by atoms with van der Waals surface area (Å²) in [6, 6.07) is 11.1. The molecule has 152 valence electrons.